The summed E-state index contributed by atoms with van der Waals surface area (Å²) in [6.07, 6.45) is 4.77. The van der Waals surface area contributed by atoms with Crippen molar-refractivity contribution in [1.82, 2.24) is 9.97 Å². The van der Waals surface area contributed by atoms with E-state index in [4.69, 9.17) is 9.47 Å². The summed E-state index contributed by atoms with van der Waals surface area (Å²) in [5.41, 5.74) is 0.781. The Balaban J connectivity index is 1.35. The maximum Gasteiger partial charge on any atom is 0.263 e. The van der Waals surface area contributed by atoms with Gasteiger partial charge < -0.3 is 19.7 Å². The Labute approximate surface area is 182 Å². The monoisotopic (exact) mass is 418 g/mol. The van der Waals surface area contributed by atoms with Crippen LogP contribution in [0.4, 0.5) is 11.5 Å². The number of nitrogens with one attached hydrogen (secondary N) is 1. The van der Waals surface area contributed by atoms with Crippen LogP contribution in [0.15, 0.2) is 67.0 Å². The molecule has 2 heterocycles. The molecule has 7 heteroatoms. The van der Waals surface area contributed by atoms with Crippen LogP contribution in [0.1, 0.15) is 19.8 Å². The number of piperidine rings is 1. The SMILES string of the molecule is CCOc1ccc(NC(=O)C2CCN(c3nccnc3Oc3ccccc3)CC2)cc1. The number of nitrogens with zero attached hydrogens (tertiary/aromatic N) is 3. The second-order valence-electron chi connectivity index (χ2n) is 7.31. The molecule has 160 valence electrons. The van der Waals surface area contributed by atoms with Crippen LogP contribution >= 0.6 is 0 Å². The van der Waals surface area contributed by atoms with Gasteiger partial charge in [-0.25, -0.2) is 9.97 Å². The van der Waals surface area contributed by atoms with E-state index in [0.717, 1.165) is 24.3 Å². The van der Waals surface area contributed by atoms with E-state index in [1.54, 1.807) is 12.4 Å². The van der Waals surface area contributed by atoms with Crippen molar-refractivity contribution in [2.45, 2.75) is 19.8 Å². The van der Waals surface area contributed by atoms with Gasteiger partial charge in [0.1, 0.15) is 11.5 Å². The molecule has 0 aliphatic carbocycles. The van der Waals surface area contributed by atoms with E-state index >= 15 is 0 Å². The number of amides is 1. The number of carbonyl (C=O) groups is 1. The Kier molecular flexibility index (Phi) is 6.62. The van der Waals surface area contributed by atoms with Gasteiger partial charge in [-0.3, -0.25) is 4.79 Å². The number of rotatable bonds is 7. The molecule has 31 heavy (non-hydrogen) atoms. The van der Waals surface area contributed by atoms with E-state index in [2.05, 4.69) is 20.2 Å². The minimum atomic E-state index is -0.0435. The Morgan fingerprint density at radius 2 is 1.71 bits per heavy atom. The molecule has 1 aliphatic rings. The van der Waals surface area contributed by atoms with Crippen molar-refractivity contribution < 1.29 is 14.3 Å². The second kappa shape index (κ2) is 9.93. The summed E-state index contributed by atoms with van der Waals surface area (Å²) < 4.78 is 11.4. The van der Waals surface area contributed by atoms with Gasteiger partial charge in [0, 0.05) is 37.1 Å². The van der Waals surface area contributed by atoms with Crippen LogP contribution in [-0.2, 0) is 4.79 Å². The van der Waals surface area contributed by atoms with Crippen molar-refractivity contribution in [2.75, 3.05) is 29.9 Å². The lowest BCUT2D eigenvalue weighted by Crippen LogP contribution is -2.38. The maximum atomic E-state index is 12.7. The number of para-hydroxylation sites is 1. The van der Waals surface area contributed by atoms with Crippen molar-refractivity contribution in [3.05, 3.63) is 67.0 Å². The van der Waals surface area contributed by atoms with E-state index in [-0.39, 0.29) is 11.8 Å². The third kappa shape index (κ3) is 5.31. The van der Waals surface area contributed by atoms with Crippen molar-refractivity contribution in [2.24, 2.45) is 5.92 Å². The minimum absolute atomic E-state index is 0.0435. The molecular formula is C24H26N4O3. The first-order valence-corrected chi connectivity index (χ1v) is 10.6. The molecule has 1 aliphatic heterocycles. The molecule has 0 unspecified atom stereocenters. The Morgan fingerprint density at radius 3 is 2.42 bits per heavy atom. The van der Waals surface area contributed by atoms with Crippen LogP contribution in [-0.4, -0.2) is 35.6 Å². The van der Waals surface area contributed by atoms with Gasteiger partial charge in [-0.2, -0.15) is 0 Å². The van der Waals surface area contributed by atoms with E-state index in [1.807, 2.05) is 61.5 Å². The number of ether oxygens (including phenoxy) is 2. The molecule has 1 amide bonds. The van der Waals surface area contributed by atoms with Crippen LogP contribution < -0.4 is 19.7 Å². The molecule has 0 saturated carbocycles. The highest BCUT2D eigenvalue weighted by Gasteiger charge is 2.27. The molecule has 1 N–H and O–H groups in total. The topological polar surface area (TPSA) is 76.6 Å². The maximum absolute atomic E-state index is 12.7. The second-order valence-corrected chi connectivity index (χ2v) is 7.31. The van der Waals surface area contributed by atoms with Gasteiger partial charge in [-0.15, -0.1) is 0 Å². The van der Waals surface area contributed by atoms with Crippen molar-refractivity contribution >= 4 is 17.4 Å². The van der Waals surface area contributed by atoms with Crippen LogP contribution in [0.25, 0.3) is 0 Å². The zero-order valence-electron chi connectivity index (χ0n) is 17.5. The fourth-order valence-electron chi connectivity index (χ4n) is 3.61. The summed E-state index contributed by atoms with van der Waals surface area (Å²) in [6, 6.07) is 17.0. The summed E-state index contributed by atoms with van der Waals surface area (Å²) in [6.45, 7) is 3.99. The van der Waals surface area contributed by atoms with Crippen LogP contribution in [0.2, 0.25) is 0 Å². The van der Waals surface area contributed by atoms with E-state index in [9.17, 15) is 4.79 Å². The molecule has 7 nitrogen and oxygen atoms in total. The fourth-order valence-corrected chi connectivity index (χ4v) is 3.61. The molecule has 0 radical (unpaired) electrons. The third-order valence-electron chi connectivity index (χ3n) is 5.20. The predicted octanol–water partition coefficient (Wildman–Crippen LogP) is 4.52. The van der Waals surface area contributed by atoms with Crippen LogP contribution in [0.5, 0.6) is 17.4 Å². The Bertz CT molecular complexity index is 987. The standard InChI is InChI=1S/C24H26N4O3/c1-2-30-20-10-8-19(9-11-20)27-23(29)18-12-16-28(17-13-18)22-24(26-15-14-25-22)31-21-6-4-3-5-7-21/h3-11,14-15,18H,2,12-13,16-17H2,1H3,(H,27,29). The van der Waals surface area contributed by atoms with Crippen LogP contribution in [0, 0.1) is 5.92 Å². The highest BCUT2D eigenvalue weighted by Crippen LogP contribution is 2.31. The zero-order chi connectivity index (χ0) is 21.5. The largest absolute Gasteiger partial charge is 0.494 e. The lowest BCUT2D eigenvalue weighted by Gasteiger charge is -2.32. The molecular weight excluding hydrogens is 392 g/mol. The lowest BCUT2D eigenvalue weighted by molar-refractivity contribution is -0.120. The molecule has 2 aromatic carbocycles. The molecule has 1 fully saturated rings. The number of benzene rings is 2. The average molecular weight is 418 g/mol. The zero-order valence-corrected chi connectivity index (χ0v) is 17.5. The predicted molar refractivity (Wildman–Crippen MR) is 120 cm³/mol. The highest BCUT2D eigenvalue weighted by molar-refractivity contribution is 5.92. The van der Waals surface area contributed by atoms with Crippen molar-refractivity contribution in [3.63, 3.8) is 0 Å². The fraction of sp³-hybridized carbons (Fsp3) is 0.292. The summed E-state index contributed by atoms with van der Waals surface area (Å²) >= 11 is 0. The highest BCUT2D eigenvalue weighted by atomic mass is 16.5. The van der Waals surface area contributed by atoms with E-state index < -0.39 is 0 Å². The summed E-state index contributed by atoms with van der Waals surface area (Å²) in [4.78, 5) is 23.7. The summed E-state index contributed by atoms with van der Waals surface area (Å²) in [7, 11) is 0. The van der Waals surface area contributed by atoms with Gasteiger partial charge in [-0.05, 0) is 56.2 Å². The number of aromatic nitrogens is 2. The van der Waals surface area contributed by atoms with Crippen LogP contribution in [0.3, 0.4) is 0 Å². The Morgan fingerprint density at radius 1 is 1.00 bits per heavy atom. The molecule has 4 rings (SSSR count). The quantitative estimate of drug-likeness (QED) is 0.608. The summed E-state index contributed by atoms with van der Waals surface area (Å²) in [5.74, 6) is 2.70. The van der Waals surface area contributed by atoms with Gasteiger partial charge in [0.25, 0.3) is 5.88 Å². The number of anilines is 2. The molecule has 0 spiro atoms. The minimum Gasteiger partial charge on any atom is -0.494 e. The Hall–Kier alpha value is -3.61. The molecule has 1 saturated heterocycles. The molecule has 3 aromatic rings. The first-order valence-electron chi connectivity index (χ1n) is 10.6. The number of hydrogen-bond donors (Lipinski definition) is 1. The molecule has 0 bridgehead atoms. The molecule has 1 aromatic heterocycles. The third-order valence-corrected chi connectivity index (χ3v) is 5.20. The first kappa shape index (κ1) is 20.7. The van der Waals surface area contributed by atoms with Gasteiger partial charge in [-0.1, -0.05) is 18.2 Å². The first-order chi connectivity index (χ1) is 15.2. The van der Waals surface area contributed by atoms with Crippen molar-refractivity contribution in [1.29, 1.82) is 0 Å². The van der Waals surface area contributed by atoms with E-state index in [1.165, 1.54) is 0 Å². The van der Waals surface area contributed by atoms with Gasteiger partial charge >= 0.3 is 0 Å². The smallest absolute Gasteiger partial charge is 0.263 e. The molecule has 0 atom stereocenters. The van der Waals surface area contributed by atoms with Gasteiger partial charge in [0.2, 0.25) is 5.91 Å². The normalized spacial score (nSPS) is 14.2. The van der Waals surface area contributed by atoms with Crippen molar-refractivity contribution in [3.8, 4) is 17.4 Å². The van der Waals surface area contributed by atoms with Gasteiger partial charge in [0.15, 0.2) is 5.82 Å². The summed E-state index contributed by atoms with van der Waals surface area (Å²) in [5, 5.41) is 3.01. The van der Waals surface area contributed by atoms with Gasteiger partial charge in [0.05, 0.1) is 6.61 Å². The van der Waals surface area contributed by atoms with E-state index in [0.29, 0.717) is 37.1 Å². The lowest BCUT2D eigenvalue weighted by atomic mass is 9.96. The average Bonchev–Trinajstić information content (AvgIpc) is 2.82. The number of carbonyl (C=O) groups excluding carboxylic acids is 1. The number of hydrogen-bond acceptors (Lipinski definition) is 6.